The normalized spacial score (nSPS) is 27.2. The van der Waals surface area contributed by atoms with Crippen LogP contribution >= 0.6 is 0 Å². The topological polar surface area (TPSA) is 96.9 Å². The summed E-state index contributed by atoms with van der Waals surface area (Å²) >= 11 is 0. The van der Waals surface area contributed by atoms with E-state index in [4.69, 9.17) is 29.0 Å². The first-order chi connectivity index (χ1) is 18.1. The number of morpholine rings is 2. The quantitative estimate of drug-likeness (QED) is 0.505. The SMILES string of the molecule is CC(C)(C)N1CCOC(c2nc(C3CC3CC(C)(C)N3CCOC(COc4cccc(C#N)c4)C3)no2)C1. The number of benzene rings is 1. The van der Waals surface area contributed by atoms with Crippen LogP contribution in [-0.4, -0.2) is 83.1 Å². The fourth-order valence-corrected chi connectivity index (χ4v) is 5.71. The molecule has 1 aromatic carbocycles. The van der Waals surface area contributed by atoms with Gasteiger partial charge in [-0.15, -0.1) is 0 Å². The molecule has 4 unspecified atom stereocenters. The van der Waals surface area contributed by atoms with Crippen molar-refractivity contribution in [3.05, 3.63) is 41.5 Å². The summed E-state index contributed by atoms with van der Waals surface area (Å²) in [5, 5.41) is 13.5. The lowest BCUT2D eigenvalue weighted by molar-refractivity contribution is -0.0788. The molecular weight excluding hydrogens is 482 g/mol. The number of hydrogen-bond donors (Lipinski definition) is 0. The van der Waals surface area contributed by atoms with Crippen LogP contribution in [0.15, 0.2) is 28.8 Å². The fourth-order valence-electron chi connectivity index (χ4n) is 5.71. The third-order valence-electron chi connectivity index (χ3n) is 8.16. The number of aromatic nitrogens is 2. The summed E-state index contributed by atoms with van der Waals surface area (Å²) in [6, 6.07) is 9.41. The van der Waals surface area contributed by atoms with Crippen LogP contribution in [0.5, 0.6) is 5.75 Å². The molecule has 0 spiro atoms. The zero-order valence-corrected chi connectivity index (χ0v) is 23.4. The summed E-state index contributed by atoms with van der Waals surface area (Å²) in [4.78, 5) is 9.72. The van der Waals surface area contributed by atoms with Gasteiger partial charge < -0.3 is 18.7 Å². The van der Waals surface area contributed by atoms with Gasteiger partial charge in [0.2, 0.25) is 0 Å². The molecule has 3 fully saturated rings. The second kappa shape index (κ2) is 10.9. The fraction of sp³-hybridized carbons (Fsp3) is 0.690. The summed E-state index contributed by atoms with van der Waals surface area (Å²) in [6.07, 6.45) is 1.99. The summed E-state index contributed by atoms with van der Waals surface area (Å²) in [5.74, 6) is 3.02. The third kappa shape index (κ3) is 6.37. The molecule has 2 saturated heterocycles. The van der Waals surface area contributed by atoms with E-state index < -0.39 is 0 Å². The molecule has 3 aliphatic rings. The summed E-state index contributed by atoms with van der Waals surface area (Å²) in [7, 11) is 0. The Morgan fingerprint density at radius 1 is 1.08 bits per heavy atom. The molecule has 2 aliphatic heterocycles. The van der Waals surface area contributed by atoms with Gasteiger partial charge >= 0.3 is 0 Å². The average Bonchev–Trinajstić information content (AvgIpc) is 3.47. The molecule has 2 aromatic rings. The lowest BCUT2D eigenvalue weighted by Gasteiger charge is -2.43. The molecule has 0 radical (unpaired) electrons. The molecule has 9 heteroatoms. The first-order valence-corrected chi connectivity index (χ1v) is 13.8. The van der Waals surface area contributed by atoms with Crippen LogP contribution in [0, 0.1) is 17.2 Å². The van der Waals surface area contributed by atoms with E-state index in [1.807, 2.05) is 12.1 Å². The maximum Gasteiger partial charge on any atom is 0.257 e. The molecule has 1 aliphatic carbocycles. The minimum Gasteiger partial charge on any atom is -0.491 e. The molecule has 9 nitrogen and oxygen atoms in total. The van der Waals surface area contributed by atoms with Crippen LogP contribution in [-0.2, 0) is 9.47 Å². The van der Waals surface area contributed by atoms with E-state index in [0.29, 0.717) is 48.9 Å². The predicted molar refractivity (Wildman–Crippen MR) is 142 cm³/mol. The van der Waals surface area contributed by atoms with Crippen molar-refractivity contribution in [2.45, 2.75) is 76.7 Å². The van der Waals surface area contributed by atoms with E-state index >= 15 is 0 Å². The van der Waals surface area contributed by atoms with Gasteiger partial charge in [0.25, 0.3) is 5.89 Å². The van der Waals surface area contributed by atoms with E-state index in [9.17, 15) is 0 Å². The molecule has 3 heterocycles. The third-order valence-corrected chi connectivity index (χ3v) is 8.16. The molecule has 0 bridgehead atoms. The van der Waals surface area contributed by atoms with Crippen molar-refractivity contribution in [2.24, 2.45) is 5.92 Å². The van der Waals surface area contributed by atoms with Crippen molar-refractivity contribution in [3.63, 3.8) is 0 Å². The highest BCUT2D eigenvalue weighted by atomic mass is 16.5. The molecule has 5 rings (SSSR count). The van der Waals surface area contributed by atoms with Crippen LogP contribution < -0.4 is 4.74 Å². The van der Waals surface area contributed by atoms with Crippen molar-refractivity contribution in [2.75, 3.05) is 46.0 Å². The molecular formula is C29H41N5O4. The molecule has 0 amide bonds. The Morgan fingerprint density at radius 3 is 2.66 bits per heavy atom. The first-order valence-electron chi connectivity index (χ1n) is 13.8. The average molecular weight is 524 g/mol. The molecule has 0 N–H and O–H groups in total. The molecule has 1 aromatic heterocycles. The number of nitriles is 1. The largest absolute Gasteiger partial charge is 0.491 e. The van der Waals surface area contributed by atoms with E-state index in [1.165, 1.54) is 0 Å². The highest BCUT2D eigenvalue weighted by Crippen LogP contribution is 2.51. The van der Waals surface area contributed by atoms with Crippen LogP contribution in [0.25, 0.3) is 0 Å². The van der Waals surface area contributed by atoms with Crippen molar-refractivity contribution < 1.29 is 18.7 Å². The van der Waals surface area contributed by atoms with Gasteiger partial charge in [-0.3, -0.25) is 9.80 Å². The maximum atomic E-state index is 9.11. The Morgan fingerprint density at radius 2 is 1.87 bits per heavy atom. The van der Waals surface area contributed by atoms with E-state index in [2.05, 4.69) is 55.6 Å². The highest BCUT2D eigenvalue weighted by molar-refractivity contribution is 5.36. The van der Waals surface area contributed by atoms with Gasteiger partial charge in [-0.2, -0.15) is 10.2 Å². The number of nitrogens with zero attached hydrogens (tertiary/aromatic N) is 5. The van der Waals surface area contributed by atoms with Gasteiger partial charge in [0.1, 0.15) is 24.6 Å². The van der Waals surface area contributed by atoms with Crippen molar-refractivity contribution in [1.29, 1.82) is 5.26 Å². The zero-order chi connectivity index (χ0) is 26.9. The molecule has 4 atom stereocenters. The molecule has 206 valence electrons. The van der Waals surface area contributed by atoms with E-state index in [0.717, 1.165) is 44.8 Å². The smallest absolute Gasteiger partial charge is 0.257 e. The van der Waals surface area contributed by atoms with Gasteiger partial charge in [0.05, 0.1) is 24.8 Å². The van der Waals surface area contributed by atoms with E-state index in [1.54, 1.807) is 12.1 Å². The van der Waals surface area contributed by atoms with Gasteiger partial charge in [0.15, 0.2) is 5.82 Å². The number of ether oxygens (including phenoxy) is 3. The molecule has 1 saturated carbocycles. The minimum atomic E-state index is -0.159. The molecule has 38 heavy (non-hydrogen) atoms. The summed E-state index contributed by atoms with van der Waals surface area (Å²) in [5.41, 5.74) is 0.709. The standard InChI is InChI=1S/C29H41N5O4/c1-28(2,3)33-9-12-36-25(18-33)27-31-26(32-38-27)24-14-21(24)15-29(4,5)34-10-11-35-23(17-34)19-37-22-8-6-7-20(13-22)16-30/h6-8,13,21,23-25H,9-12,14-15,17-19H2,1-5H3. The zero-order valence-electron chi connectivity index (χ0n) is 23.4. The first kappa shape index (κ1) is 27.1. The van der Waals surface area contributed by atoms with Gasteiger partial charge in [-0.05, 0) is 71.6 Å². The van der Waals surface area contributed by atoms with Crippen LogP contribution in [0.4, 0.5) is 0 Å². The Bertz CT molecular complexity index is 1140. The van der Waals surface area contributed by atoms with Crippen molar-refractivity contribution >= 4 is 0 Å². The van der Waals surface area contributed by atoms with Crippen molar-refractivity contribution in [1.82, 2.24) is 19.9 Å². The van der Waals surface area contributed by atoms with Crippen molar-refractivity contribution in [3.8, 4) is 11.8 Å². The lowest BCUT2D eigenvalue weighted by Crippen LogP contribution is -2.54. The maximum absolute atomic E-state index is 9.11. The van der Waals surface area contributed by atoms with Crippen LogP contribution in [0.3, 0.4) is 0 Å². The number of rotatable bonds is 8. The Kier molecular flexibility index (Phi) is 7.79. The Balaban J connectivity index is 1.12. The van der Waals surface area contributed by atoms with Gasteiger partial charge in [-0.1, -0.05) is 11.2 Å². The van der Waals surface area contributed by atoms with Crippen LogP contribution in [0.2, 0.25) is 0 Å². The minimum absolute atomic E-state index is 0.00770. The highest BCUT2D eigenvalue weighted by Gasteiger charge is 2.47. The second-order valence-electron chi connectivity index (χ2n) is 12.5. The second-order valence-corrected chi connectivity index (χ2v) is 12.5. The lowest BCUT2D eigenvalue weighted by atomic mass is 9.93. The van der Waals surface area contributed by atoms with E-state index in [-0.39, 0.29) is 23.3 Å². The van der Waals surface area contributed by atoms with Gasteiger partial charge in [-0.25, -0.2) is 0 Å². The monoisotopic (exact) mass is 523 g/mol. The summed E-state index contributed by atoms with van der Waals surface area (Å²) in [6.45, 7) is 16.6. The van der Waals surface area contributed by atoms with Gasteiger partial charge in [0, 0.05) is 43.2 Å². The Hall–Kier alpha value is -2.51. The number of hydrogen-bond acceptors (Lipinski definition) is 9. The summed E-state index contributed by atoms with van der Waals surface area (Å²) < 4.78 is 23.6. The Labute approximate surface area is 226 Å². The van der Waals surface area contributed by atoms with Crippen LogP contribution in [0.1, 0.15) is 76.8 Å². The predicted octanol–water partition coefficient (Wildman–Crippen LogP) is 4.17.